The van der Waals surface area contributed by atoms with Crippen LogP contribution < -0.4 is 0 Å². The highest BCUT2D eigenvalue weighted by atomic mass is 32.2. The van der Waals surface area contributed by atoms with Crippen molar-refractivity contribution in [1.82, 2.24) is 0 Å². The third-order valence-electron chi connectivity index (χ3n) is 4.55. The van der Waals surface area contributed by atoms with Crippen molar-refractivity contribution < 1.29 is 9.53 Å². The molecule has 2 rings (SSSR count). The van der Waals surface area contributed by atoms with Crippen molar-refractivity contribution in [1.29, 1.82) is 0 Å². The topological polar surface area (TPSA) is 26.3 Å². The number of carbonyl (C=O) groups is 1. The summed E-state index contributed by atoms with van der Waals surface area (Å²) in [5.74, 6) is 1.69. The molecule has 4 heteroatoms. The summed E-state index contributed by atoms with van der Waals surface area (Å²) in [7, 11) is -1.09. The Bertz CT molecular complexity index is 324. The van der Waals surface area contributed by atoms with Crippen molar-refractivity contribution >= 4 is 25.8 Å². The molecule has 5 atom stereocenters. The molecule has 2 aliphatic heterocycles. The Hall–Kier alpha value is 0.0369. The van der Waals surface area contributed by atoms with Gasteiger partial charge >= 0.3 is 5.97 Å². The van der Waals surface area contributed by atoms with Crippen LogP contribution in [0.4, 0.5) is 0 Å². The number of thioether (sulfide) groups is 1. The van der Waals surface area contributed by atoms with Crippen molar-refractivity contribution in [3.63, 3.8) is 0 Å². The fourth-order valence-electron chi connectivity index (χ4n) is 3.00. The highest BCUT2D eigenvalue weighted by Gasteiger charge is 2.52. The standard InChI is InChI=1S/C14H26O2SSi/c1-9-10(2)13-11(8-12(9)17-13)14(15)16-6-7-18(3,4)5/h9-13H,6-8H2,1-5H3. The summed E-state index contributed by atoms with van der Waals surface area (Å²) in [5.41, 5.74) is 0. The number of esters is 1. The fraction of sp³-hybridized carbons (Fsp3) is 0.929. The minimum absolute atomic E-state index is 0.0759. The zero-order chi connectivity index (χ0) is 13.5. The maximum atomic E-state index is 12.2. The highest BCUT2D eigenvalue weighted by molar-refractivity contribution is 8.01. The predicted molar refractivity (Wildman–Crippen MR) is 80.7 cm³/mol. The van der Waals surface area contributed by atoms with Gasteiger partial charge in [0.15, 0.2) is 0 Å². The zero-order valence-electron chi connectivity index (χ0n) is 12.2. The molecule has 0 aromatic heterocycles. The second-order valence-electron chi connectivity index (χ2n) is 7.18. The predicted octanol–water partition coefficient (Wildman–Crippen LogP) is 3.64. The Morgan fingerprint density at radius 3 is 2.44 bits per heavy atom. The SMILES string of the molecule is CC1C2CC(C(=O)OCC[Si](C)(C)C)C(S2)C1C. The molecule has 0 radical (unpaired) electrons. The molecule has 2 bridgehead atoms. The molecule has 2 nitrogen and oxygen atoms in total. The Morgan fingerprint density at radius 1 is 1.28 bits per heavy atom. The smallest absolute Gasteiger partial charge is 0.310 e. The molecule has 0 saturated carbocycles. The quantitative estimate of drug-likeness (QED) is 0.583. The lowest BCUT2D eigenvalue weighted by atomic mass is 9.76. The van der Waals surface area contributed by atoms with Crippen LogP contribution in [-0.4, -0.2) is 31.1 Å². The summed E-state index contributed by atoms with van der Waals surface area (Å²) in [5, 5.41) is 1.21. The molecule has 5 unspecified atom stereocenters. The van der Waals surface area contributed by atoms with Gasteiger partial charge in [-0.15, -0.1) is 0 Å². The summed E-state index contributed by atoms with van der Waals surface area (Å²) in [6.45, 7) is 12.2. The van der Waals surface area contributed by atoms with Gasteiger partial charge in [-0.1, -0.05) is 33.5 Å². The first-order valence-corrected chi connectivity index (χ1v) is 11.8. The molecule has 2 fully saturated rings. The van der Waals surface area contributed by atoms with Crippen molar-refractivity contribution in [2.45, 2.75) is 56.5 Å². The molecule has 2 aliphatic rings. The normalized spacial score (nSPS) is 39.1. The average Bonchev–Trinajstić information content (AvgIpc) is 2.78. The molecule has 0 amide bonds. The van der Waals surface area contributed by atoms with E-state index in [-0.39, 0.29) is 11.9 Å². The van der Waals surface area contributed by atoms with Gasteiger partial charge in [-0.2, -0.15) is 11.8 Å². The fourth-order valence-corrected chi connectivity index (χ4v) is 5.84. The molecule has 2 heterocycles. The van der Waals surface area contributed by atoms with Crippen molar-refractivity contribution in [3.8, 4) is 0 Å². The van der Waals surface area contributed by atoms with E-state index in [2.05, 4.69) is 33.5 Å². The van der Waals surface area contributed by atoms with Gasteiger partial charge in [-0.05, 0) is 24.3 Å². The molecular formula is C14H26O2SSi. The van der Waals surface area contributed by atoms with E-state index in [1.165, 1.54) is 0 Å². The first-order chi connectivity index (χ1) is 8.29. The van der Waals surface area contributed by atoms with Gasteiger partial charge in [0.25, 0.3) is 0 Å². The van der Waals surface area contributed by atoms with Crippen LogP contribution >= 0.6 is 11.8 Å². The highest BCUT2D eigenvalue weighted by Crippen LogP contribution is 2.55. The minimum Gasteiger partial charge on any atom is -0.466 e. The maximum absolute atomic E-state index is 12.2. The molecule has 0 N–H and O–H groups in total. The first kappa shape index (κ1) is 14.4. The zero-order valence-corrected chi connectivity index (χ0v) is 14.0. The van der Waals surface area contributed by atoms with Crippen LogP contribution in [0.3, 0.4) is 0 Å². The number of carbonyl (C=O) groups excluding carboxylic acids is 1. The van der Waals surface area contributed by atoms with E-state index >= 15 is 0 Å². The molecular weight excluding hydrogens is 260 g/mol. The van der Waals surface area contributed by atoms with Crippen molar-refractivity contribution in [2.24, 2.45) is 17.8 Å². The molecule has 0 aromatic rings. The van der Waals surface area contributed by atoms with Crippen molar-refractivity contribution in [2.75, 3.05) is 6.61 Å². The van der Waals surface area contributed by atoms with Crippen LogP contribution in [0.15, 0.2) is 0 Å². The third kappa shape index (κ3) is 2.95. The van der Waals surface area contributed by atoms with Crippen molar-refractivity contribution in [3.05, 3.63) is 0 Å². The van der Waals surface area contributed by atoms with Crippen LogP contribution in [0.25, 0.3) is 0 Å². The second kappa shape index (κ2) is 5.20. The third-order valence-corrected chi connectivity index (χ3v) is 8.30. The molecule has 0 aliphatic carbocycles. The lowest BCUT2D eigenvalue weighted by Crippen LogP contribution is -2.35. The van der Waals surface area contributed by atoms with E-state index in [9.17, 15) is 4.79 Å². The minimum atomic E-state index is -1.09. The molecule has 18 heavy (non-hydrogen) atoms. The van der Waals surface area contributed by atoms with Gasteiger partial charge in [-0.25, -0.2) is 0 Å². The van der Waals surface area contributed by atoms with Gasteiger partial charge in [-0.3, -0.25) is 4.79 Å². The van der Waals surface area contributed by atoms with E-state index in [0.717, 1.165) is 18.4 Å². The summed E-state index contributed by atoms with van der Waals surface area (Å²) in [6, 6.07) is 1.08. The average molecular weight is 287 g/mol. The summed E-state index contributed by atoms with van der Waals surface area (Å²) in [6.07, 6.45) is 1.05. The van der Waals surface area contributed by atoms with Crippen LogP contribution in [0.1, 0.15) is 20.3 Å². The van der Waals surface area contributed by atoms with Crippen LogP contribution in [0.2, 0.25) is 25.7 Å². The summed E-state index contributed by atoms with van der Waals surface area (Å²) in [4.78, 5) is 12.2. The summed E-state index contributed by atoms with van der Waals surface area (Å²) >= 11 is 2.03. The van der Waals surface area contributed by atoms with Gasteiger partial charge in [0.05, 0.1) is 12.5 Å². The van der Waals surface area contributed by atoms with E-state index < -0.39 is 8.07 Å². The molecule has 2 saturated heterocycles. The number of ether oxygens (including phenoxy) is 1. The Balaban J connectivity index is 1.81. The second-order valence-corrected chi connectivity index (χ2v) is 14.2. The first-order valence-electron chi connectivity index (χ1n) is 7.12. The molecule has 0 spiro atoms. The summed E-state index contributed by atoms with van der Waals surface area (Å²) < 4.78 is 5.52. The van der Waals surface area contributed by atoms with Crippen LogP contribution in [0, 0.1) is 17.8 Å². The number of rotatable bonds is 4. The lowest BCUT2D eigenvalue weighted by molar-refractivity contribution is -0.149. The van der Waals surface area contributed by atoms with Gasteiger partial charge in [0.1, 0.15) is 0 Å². The van der Waals surface area contributed by atoms with E-state index in [0.29, 0.717) is 23.0 Å². The van der Waals surface area contributed by atoms with Crippen LogP contribution in [-0.2, 0) is 9.53 Å². The lowest BCUT2D eigenvalue weighted by Gasteiger charge is -2.29. The Labute approximate surface area is 116 Å². The number of hydrogen-bond donors (Lipinski definition) is 0. The Kier molecular flexibility index (Phi) is 4.17. The molecule has 0 aromatic carbocycles. The van der Waals surface area contributed by atoms with Gasteiger partial charge < -0.3 is 4.74 Å². The molecule has 104 valence electrons. The number of hydrogen-bond acceptors (Lipinski definition) is 3. The van der Waals surface area contributed by atoms with E-state index in [4.69, 9.17) is 4.74 Å². The van der Waals surface area contributed by atoms with E-state index in [1.807, 2.05) is 11.8 Å². The maximum Gasteiger partial charge on any atom is 0.310 e. The largest absolute Gasteiger partial charge is 0.466 e. The number of fused-ring (bicyclic) bond motifs is 2. The van der Waals surface area contributed by atoms with Gasteiger partial charge in [0, 0.05) is 18.6 Å². The van der Waals surface area contributed by atoms with Crippen LogP contribution in [0.5, 0.6) is 0 Å². The van der Waals surface area contributed by atoms with Gasteiger partial charge in [0.2, 0.25) is 0 Å². The Morgan fingerprint density at radius 2 is 1.94 bits per heavy atom. The van der Waals surface area contributed by atoms with E-state index in [1.54, 1.807) is 0 Å². The monoisotopic (exact) mass is 286 g/mol.